The van der Waals surface area contributed by atoms with E-state index in [1.807, 2.05) is 0 Å². The molecular formula is C29H41NO5. The highest BCUT2D eigenvalue weighted by molar-refractivity contribution is 5.89. The van der Waals surface area contributed by atoms with E-state index in [2.05, 4.69) is 39.8 Å². The number of fused-ring (bicyclic) bond motifs is 1. The zero-order valence-electron chi connectivity index (χ0n) is 22.0. The van der Waals surface area contributed by atoms with Gasteiger partial charge in [-0.05, 0) is 58.2 Å². The predicted octanol–water partition coefficient (Wildman–Crippen LogP) is 7.06. The molecule has 6 heteroatoms. The van der Waals surface area contributed by atoms with Gasteiger partial charge in [-0.25, -0.2) is 0 Å². The van der Waals surface area contributed by atoms with Crippen LogP contribution in [0.4, 0.5) is 0 Å². The molecule has 0 fully saturated rings. The Hall–Kier alpha value is -3.02. The Bertz CT molecular complexity index is 1110. The number of carbonyl (C=O) groups excluding carboxylic acids is 1. The largest absolute Gasteiger partial charge is 0.504 e. The van der Waals surface area contributed by atoms with Gasteiger partial charge in [-0.1, -0.05) is 56.3 Å². The van der Waals surface area contributed by atoms with Crippen LogP contribution in [0.3, 0.4) is 0 Å². The molecule has 0 saturated carbocycles. The smallest absolute Gasteiger partial charge is 0.308 e. The molecule has 0 atom stereocenters. The summed E-state index contributed by atoms with van der Waals surface area (Å²) in [7, 11) is 0. The minimum atomic E-state index is -0.644. The Morgan fingerprint density at radius 3 is 2.43 bits per heavy atom. The molecule has 1 aromatic carbocycles. The first-order chi connectivity index (χ1) is 16.7. The number of ether oxygens (including phenoxy) is 2. The summed E-state index contributed by atoms with van der Waals surface area (Å²) in [6.07, 6.45) is 12.8. The summed E-state index contributed by atoms with van der Waals surface area (Å²) >= 11 is 0. The maximum absolute atomic E-state index is 13.1. The summed E-state index contributed by atoms with van der Waals surface area (Å²) in [4.78, 5) is 24.7. The number of hydrogen-bond donors (Lipinski definition) is 1. The van der Waals surface area contributed by atoms with Crippen molar-refractivity contribution in [3.63, 3.8) is 0 Å². The van der Waals surface area contributed by atoms with Gasteiger partial charge in [-0.2, -0.15) is 0 Å². The van der Waals surface area contributed by atoms with E-state index in [-0.39, 0.29) is 11.5 Å². The minimum Gasteiger partial charge on any atom is -0.504 e. The third-order valence-electron chi connectivity index (χ3n) is 5.92. The van der Waals surface area contributed by atoms with Crippen LogP contribution < -0.4 is 15.0 Å². The van der Waals surface area contributed by atoms with Crippen LogP contribution >= 0.6 is 0 Å². The number of pyridine rings is 1. The zero-order chi connectivity index (χ0) is 25.8. The lowest BCUT2D eigenvalue weighted by atomic mass is 10.1. The molecule has 0 bridgehead atoms. The predicted molar refractivity (Wildman–Crippen MR) is 142 cm³/mol. The van der Waals surface area contributed by atoms with E-state index >= 15 is 0 Å². The number of hydrogen-bond acceptors (Lipinski definition) is 5. The number of esters is 1. The Morgan fingerprint density at radius 2 is 1.74 bits per heavy atom. The first kappa shape index (κ1) is 28.2. The van der Waals surface area contributed by atoms with Crippen molar-refractivity contribution in [2.24, 2.45) is 0 Å². The number of aromatic nitrogens is 1. The quantitative estimate of drug-likeness (QED) is 0.177. The molecular weight excluding hydrogens is 442 g/mol. The number of benzene rings is 1. The Morgan fingerprint density at radius 1 is 1.03 bits per heavy atom. The van der Waals surface area contributed by atoms with E-state index in [1.54, 1.807) is 22.8 Å². The fourth-order valence-corrected chi connectivity index (χ4v) is 3.96. The lowest BCUT2D eigenvalue weighted by molar-refractivity contribution is -0.132. The van der Waals surface area contributed by atoms with Gasteiger partial charge < -0.3 is 19.1 Å². The number of nitrogens with zero attached hydrogens (tertiary/aromatic N) is 1. The van der Waals surface area contributed by atoms with Crippen LogP contribution in [-0.4, -0.2) is 22.2 Å². The molecule has 0 amide bonds. The van der Waals surface area contributed by atoms with Crippen LogP contribution in [0.25, 0.3) is 10.9 Å². The van der Waals surface area contributed by atoms with E-state index in [0.29, 0.717) is 29.8 Å². The first-order valence-electron chi connectivity index (χ1n) is 12.7. The second kappa shape index (κ2) is 14.4. The standard InChI is InChI=1S/C29H41NO5/c1-6-7-8-9-10-11-18-30-26-20-24(34-19-17-22(4)14-12-13-21(2)3)15-16-25(26)27(32)28(29(30)33)35-23(5)31/h13,15-17,20,32H,6-12,14,18-19H2,1-5H3/b22-17+. The van der Waals surface area contributed by atoms with Gasteiger partial charge in [0.2, 0.25) is 5.75 Å². The summed E-state index contributed by atoms with van der Waals surface area (Å²) in [5, 5.41) is 11.1. The lowest BCUT2D eigenvalue weighted by Crippen LogP contribution is -2.24. The van der Waals surface area contributed by atoms with Crippen molar-refractivity contribution in [3.8, 4) is 17.2 Å². The highest BCUT2D eigenvalue weighted by Gasteiger charge is 2.19. The fourth-order valence-electron chi connectivity index (χ4n) is 3.96. The molecule has 192 valence electrons. The molecule has 2 rings (SSSR count). The van der Waals surface area contributed by atoms with Crippen molar-refractivity contribution in [1.82, 2.24) is 4.57 Å². The highest BCUT2D eigenvalue weighted by atomic mass is 16.5. The van der Waals surface area contributed by atoms with Gasteiger partial charge in [0.1, 0.15) is 12.4 Å². The first-order valence-corrected chi connectivity index (χ1v) is 12.7. The van der Waals surface area contributed by atoms with E-state index < -0.39 is 11.5 Å². The van der Waals surface area contributed by atoms with Gasteiger partial charge in [0.05, 0.1) is 5.52 Å². The van der Waals surface area contributed by atoms with Crippen molar-refractivity contribution >= 4 is 16.9 Å². The van der Waals surface area contributed by atoms with Crippen LogP contribution in [-0.2, 0) is 11.3 Å². The average Bonchev–Trinajstić information content (AvgIpc) is 2.80. The lowest BCUT2D eigenvalue weighted by Gasteiger charge is -2.16. The normalized spacial score (nSPS) is 11.5. The van der Waals surface area contributed by atoms with Crippen LogP contribution in [0.1, 0.15) is 86.0 Å². The van der Waals surface area contributed by atoms with Crippen molar-refractivity contribution in [2.45, 2.75) is 92.5 Å². The number of allylic oxidation sites excluding steroid dienone is 3. The number of unbranched alkanes of at least 4 members (excludes halogenated alkanes) is 5. The molecule has 0 saturated heterocycles. The fraction of sp³-hybridized carbons (Fsp3) is 0.517. The third kappa shape index (κ3) is 8.93. The molecule has 1 aromatic heterocycles. The summed E-state index contributed by atoms with van der Waals surface area (Å²) in [6.45, 7) is 10.6. The van der Waals surface area contributed by atoms with Crippen LogP contribution in [0.15, 0.2) is 46.3 Å². The van der Waals surface area contributed by atoms with Crippen molar-refractivity contribution < 1.29 is 19.4 Å². The van der Waals surface area contributed by atoms with E-state index in [4.69, 9.17) is 9.47 Å². The van der Waals surface area contributed by atoms with Gasteiger partial charge in [-0.3, -0.25) is 9.59 Å². The van der Waals surface area contributed by atoms with Gasteiger partial charge in [0, 0.05) is 24.9 Å². The van der Waals surface area contributed by atoms with Crippen LogP contribution in [0.2, 0.25) is 0 Å². The molecule has 1 N–H and O–H groups in total. The Labute approximate surface area is 209 Å². The van der Waals surface area contributed by atoms with Crippen molar-refractivity contribution in [3.05, 3.63) is 51.9 Å². The average molecular weight is 484 g/mol. The summed E-state index contributed by atoms with van der Waals surface area (Å²) in [5.41, 5.74) is 2.63. The summed E-state index contributed by atoms with van der Waals surface area (Å²) < 4.78 is 12.6. The molecule has 0 radical (unpaired) electrons. The maximum Gasteiger partial charge on any atom is 0.308 e. The van der Waals surface area contributed by atoms with Gasteiger partial charge >= 0.3 is 5.97 Å². The Kier molecular flexibility index (Phi) is 11.6. The van der Waals surface area contributed by atoms with Crippen LogP contribution in [0.5, 0.6) is 17.2 Å². The molecule has 0 unspecified atom stereocenters. The number of rotatable bonds is 14. The van der Waals surface area contributed by atoms with Crippen molar-refractivity contribution in [2.75, 3.05) is 6.61 Å². The molecule has 1 heterocycles. The molecule has 0 aliphatic heterocycles. The van der Waals surface area contributed by atoms with Gasteiger partial charge in [-0.15, -0.1) is 0 Å². The third-order valence-corrected chi connectivity index (χ3v) is 5.92. The van der Waals surface area contributed by atoms with E-state index in [9.17, 15) is 14.7 Å². The van der Waals surface area contributed by atoms with Gasteiger partial charge in [0.25, 0.3) is 5.56 Å². The molecule has 0 aliphatic carbocycles. The molecule has 6 nitrogen and oxygen atoms in total. The zero-order valence-corrected chi connectivity index (χ0v) is 22.0. The molecule has 2 aromatic rings. The summed E-state index contributed by atoms with van der Waals surface area (Å²) in [5.74, 6) is -0.670. The maximum atomic E-state index is 13.1. The summed E-state index contributed by atoms with van der Waals surface area (Å²) in [6, 6.07) is 5.23. The molecule has 0 aliphatic rings. The topological polar surface area (TPSA) is 77.8 Å². The highest BCUT2D eigenvalue weighted by Crippen LogP contribution is 2.33. The van der Waals surface area contributed by atoms with Gasteiger partial charge in [0.15, 0.2) is 5.75 Å². The monoisotopic (exact) mass is 483 g/mol. The number of aryl methyl sites for hydroxylation is 1. The van der Waals surface area contributed by atoms with E-state index in [1.165, 1.54) is 37.3 Å². The van der Waals surface area contributed by atoms with Crippen molar-refractivity contribution in [1.29, 1.82) is 0 Å². The second-order valence-corrected chi connectivity index (χ2v) is 9.36. The number of carbonyl (C=O) groups is 1. The second-order valence-electron chi connectivity index (χ2n) is 9.36. The number of aromatic hydroxyl groups is 1. The molecule has 0 spiro atoms. The minimum absolute atomic E-state index is 0.319. The molecule has 35 heavy (non-hydrogen) atoms. The SMILES string of the molecule is CCCCCCCCn1c(=O)c(OC(C)=O)c(O)c2ccc(OC/C=C(\C)CCC=C(C)C)cc21. The van der Waals surface area contributed by atoms with Crippen LogP contribution in [0, 0.1) is 0 Å². The van der Waals surface area contributed by atoms with E-state index in [0.717, 1.165) is 32.1 Å². The Balaban J connectivity index is 2.26.